The number of nitrogens with one attached hydrogen (secondary N) is 2. The Morgan fingerprint density at radius 2 is 1.93 bits per heavy atom. The molecule has 2 unspecified atom stereocenters. The molecule has 10 nitrogen and oxygen atoms in total. The fraction of sp³-hybridized carbons (Fsp3) is 0.548. The molecule has 11 heteroatoms. The Labute approximate surface area is 262 Å². The first-order valence-electron chi connectivity index (χ1n) is 14.2. The van der Waals surface area contributed by atoms with Gasteiger partial charge in [0.15, 0.2) is 0 Å². The smallest absolute Gasteiger partial charge is 0.488 e. The number of hydrogen-bond donors (Lipinski definition) is 3. The molecule has 2 aliphatic heterocycles. The average molecular weight is 748 g/mol. The molecular formula is C31H41N5O5W. The van der Waals surface area contributed by atoms with E-state index in [4.69, 9.17) is 4.74 Å². The maximum Gasteiger partial charge on any atom is 2.00 e. The molecule has 42 heavy (non-hydrogen) atoms. The van der Waals surface area contributed by atoms with Crippen molar-refractivity contribution in [2.24, 2.45) is 5.92 Å². The van der Waals surface area contributed by atoms with Crippen molar-refractivity contribution in [1.82, 2.24) is 25.5 Å². The molecule has 2 amide bonds. The molecule has 5 atom stereocenters. The predicted molar refractivity (Wildman–Crippen MR) is 155 cm³/mol. The summed E-state index contributed by atoms with van der Waals surface area (Å²) in [4.78, 5) is 50.3. The third-order valence-electron chi connectivity index (χ3n) is 7.88. The molecule has 3 heterocycles. The average Bonchev–Trinajstić information content (AvgIpc) is 3.44. The molecule has 1 aliphatic carbocycles. The molecule has 226 valence electrons. The summed E-state index contributed by atoms with van der Waals surface area (Å²) in [6.07, 6.45) is 11.0. The van der Waals surface area contributed by atoms with Crippen molar-refractivity contribution >= 4 is 28.8 Å². The van der Waals surface area contributed by atoms with Gasteiger partial charge in [-0.1, -0.05) is 54.9 Å². The zero-order valence-electron chi connectivity index (χ0n) is 24.8. The van der Waals surface area contributed by atoms with E-state index in [-0.39, 0.29) is 64.7 Å². The summed E-state index contributed by atoms with van der Waals surface area (Å²) in [6.45, 7) is 6.21. The molecule has 3 aliphatic rings. The van der Waals surface area contributed by atoms with E-state index in [1.54, 1.807) is 4.90 Å². The summed E-state index contributed by atoms with van der Waals surface area (Å²) in [5, 5.41) is 16.3. The van der Waals surface area contributed by atoms with Crippen molar-refractivity contribution in [3.8, 4) is 5.88 Å². The first-order chi connectivity index (χ1) is 19.1. The number of allylic oxidation sites excluding steroid dienone is 1. The van der Waals surface area contributed by atoms with Gasteiger partial charge in [0, 0.05) is 23.4 Å². The van der Waals surface area contributed by atoms with Crippen LogP contribution in [0.3, 0.4) is 0 Å². The number of rotatable bonds is 4. The van der Waals surface area contributed by atoms with Crippen molar-refractivity contribution in [2.45, 2.75) is 95.0 Å². The van der Waals surface area contributed by atoms with Crippen molar-refractivity contribution < 1.29 is 45.3 Å². The maximum absolute atomic E-state index is 14.0. The number of aliphatic carboxylic acids is 1. The monoisotopic (exact) mass is 747 g/mol. The van der Waals surface area contributed by atoms with Crippen LogP contribution in [0.4, 0.5) is 0 Å². The SMILES string of the molecule is CC(C)(C)N[C@@H]1CCCCC/C=C\C2C[C@@]2(C(=O)O)NC(=O)[C@@H]2CC(Oc3[c-]nc4ccccc4n3)CN2C1=O.[CH3-].[W+2]. The van der Waals surface area contributed by atoms with Gasteiger partial charge in [0.1, 0.15) is 23.6 Å². The molecule has 2 fully saturated rings. The molecule has 2 aromatic rings. The molecular weight excluding hydrogens is 706 g/mol. The van der Waals surface area contributed by atoms with Gasteiger partial charge in [-0.15, -0.1) is 6.07 Å². The third kappa shape index (κ3) is 7.56. The summed E-state index contributed by atoms with van der Waals surface area (Å²) in [6, 6.07) is 6.03. The Hall–Kier alpha value is -2.84. The number of benzene rings is 1. The molecule has 3 N–H and O–H groups in total. The van der Waals surface area contributed by atoms with E-state index in [1.165, 1.54) is 0 Å². The molecule has 0 spiro atoms. The van der Waals surface area contributed by atoms with Crippen LogP contribution in [-0.2, 0) is 35.4 Å². The van der Waals surface area contributed by atoms with E-state index in [1.807, 2.05) is 57.2 Å². The second-order valence-corrected chi connectivity index (χ2v) is 12.2. The van der Waals surface area contributed by atoms with Crippen LogP contribution in [0.15, 0.2) is 36.4 Å². The standard InChI is InChI=1S/C30H38N5O5.CH3.W/c1-29(2,3)33-23-14-8-6-4-5-7-11-19-16-30(19,28(38)39)34-26(36)24-15-20(18-35(24)27(23)37)40-25-17-31-21-12-9-10-13-22(21)32-25;;/h7,9-13,19-20,23-24,33H,4-6,8,14-16,18H2,1-3H3,(H,34,36)(H,38,39);1H3;/q2*-1;+2/b11-7-;;/t19?,20?,23-,24+,30-;;/m1../s1. The summed E-state index contributed by atoms with van der Waals surface area (Å²) < 4.78 is 6.12. The Kier molecular flexibility index (Phi) is 10.9. The van der Waals surface area contributed by atoms with Gasteiger partial charge in [0.05, 0.1) is 12.6 Å². The van der Waals surface area contributed by atoms with Crippen LogP contribution in [0.5, 0.6) is 5.88 Å². The number of amides is 2. The Bertz CT molecular complexity index is 1310. The fourth-order valence-electron chi connectivity index (χ4n) is 5.78. The van der Waals surface area contributed by atoms with Crippen molar-refractivity contribution in [2.75, 3.05) is 6.54 Å². The molecule has 5 rings (SSSR count). The summed E-state index contributed by atoms with van der Waals surface area (Å²) in [7, 11) is 0. The molecule has 0 bridgehead atoms. The first kappa shape index (κ1) is 33.7. The van der Waals surface area contributed by atoms with Crippen LogP contribution in [0, 0.1) is 19.5 Å². The number of carboxylic acid groups (broad SMARTS) is 1. The van der Waals surface area contributed by atoms with Gasteiger partial charge in [0.2, 0.25) is 11.8 Å². The quantitative estimate of drug-likeness (QED) is 0.320. The van der Waals surface area contributed by atoms with E-state index >= 15 is 0 Å². The number of hydrogen-bond acceptors (Lipinski definition) is 7. The van der Waals surface area contributed by atoms with Crippen LogP contribution < -0.4 is 15.4 Å². The predicted octanol–water partition coefficient (Wildman–Crippen LogP) is 3.46. The summed E-state index contributed by atoms with van der Waals surface area (Å²) in [5.74, 6) is -1.79. The van der Waals surface area contributed by atoms with Crippen LogP contribution in [-0.4, -0.2) is 73.6 Å². The molecule has 1 aromatic carbocycles. The van der Waals surface area contributed by atoms with Gasteiger partial charge in [-0.05, 0) is 46.5 Å². The van der Waals surface area contributed by atoms with Crippen LogP contribution in [0.1, 0.15) is 65.7 Å². The third-order valence-corrected chi connectivity index (χ3v) is 7.88. The first-order valence-corrected chi connectivity index (χ1v) is 14.2. The zero-order valence-corrected chi connectivity index (χ0v) is 27.7. The summed E-state index contributed by atoms with van der Waals surface area (Å²) >= 11 is 0. The minimum atomic E-state index is -1.35. The number of carboxylic acids is 1. The van der Waals surface area contributed by atoms with E-state index in [2.05, 4.69) is 26.8 Å². The summed E-state index contributed by atoms with van der Waals surface area (Å²) in [5.41, 5.74) is -0.318. The number of ether oxygens (including phenoxy) is 1. The maximum atomic E-state index is 14.0. The molecule has 0 radical (unpaired) electrons. The molecule has 1 saturated carbocycles. The number of carbonyl (C=O) groups excluding carboxylic acids is 2. The van der Waals surface area contributed by atoms with Gasteiger partial charge in [-0.2, -0.15) is 0 Å². The van der Waals surface area contributed by atoms with Gasteiger partial charge in [-0.25, -0.2) is 9.78 Å². The van der Waals surface area contributed by atoms with Gasteiger partial charge < -0.3 is 37.8 Å². The van der Waals surface area contributed by atoms with Crippen molar-refractivity contribution in [3.05, 3.63) is 50.0 Å². The van der Waals surface area contributed by atoms with Gasteiger partial charge >= 0.3 is 27.0 Å². The Balaban J connectivity index is 0.00000242. The second-order valence-electron chi connectivity index (χ2n) is 12.2. The number of para-hydroxylation sites is 2. The van der Waals surface area contributed by atoms with Crippen LogP contribution in [0.2, 0.25) is 0 Å². The van der Waals surface area contributed by atoms with Crippen LogP contribution >= 0.6 is 0 Å². The Morgan fingerprint density at radius 3 is 2.64 bits per heavy atom. The molecule has 1 aromatic heterocycles. The van der Waals surface area contributed by atoms with E-state index in [0.29, 0.717) is 23.9 Å². The normalized spacial score (nSPS) is 29.0. The van der Waals surface area contributed by atoms with E-state index in [0.717, 1.165) is 25.7 Å². The number of fused-ring (bicyclic) bond motifs is 3. The largest absolute Gasteiger partial charge is 2.00 e. The van der Waals surface area contributed by atoms with E-state index in [9.17, 15) is 19.5 Å². The fourth-order valence-corrected chi connectivity index (χ4v) is 5.78. The van der Waals surface area contributed by atoms with Crippen LogP contribution in [0.25, 0.3) is 11.0 Å². The van der Waals surface area contributed by atoms with Crippen molar-refractivity contribution in [1.29, 1.82) is 0 Å². The minimum absolute atomic E-state index is 0. The second kappa shape index (κ2) is 13.6. The van der Waals surface area contributed by atoms with E-state index < -0.39 is 35.6 Å². The van der Waals surface area contributed by atoms with Crippen molar-refractivity contribution in [3.63, 3.8) is 0 Å². The minimum Gasteiger partial charge on any atom is -0.488 e. The number of nitrogens with zero attached hydrogens (tertiary/aromatic N) is 3. The van der Waals surface area contributed by atoms with Gasteiger partial charge in [0.25, 0.3) is 0 Å². The number of aromatic nitrogens is 2. The molecule has 1 saturated heterocycles. The zero-order chi connectivity index (χ0) is 28.5. The Morgan fingerprint density at radius 1 is 1.19 bits per heavy atom. The topological polar surface area (TPSA) is 134 Å². The van der Waals surface area contributed by atoms with Gasteiger partial charge in [-0.3, -0.25) is 9.59 Å². The number of carbonyl (C=O) groups is 3.